The summed E-state index contributed by atoms with van der Waals surface area (Å²) < 4.78 is 86.6. The molecule has 0 aromatic carbocycles. The van der Waals surface area contributed by atoms with E-state index in [1.165, 1.54) is 0 Å². The Morgan fingerprint density at radius 2 is 1.44 bits per heavy atom. The molecule has 1 fully saturated rings. The van der Waals surface area contributed by atoms with Crippen molar-refractivity contribution in [1.82, 2.24) is 0 Å². The molecule has 0 aromatic heterocycles. The molecule has 94 valence electrons. The van der Waals surface area contributed by atoms with Crippen molar-refractivity contribution in [3.05, 3.63) is 0 Å². The molecule has 1 saturated carbocycles. The Labute approximate surface area is 84.0 Å². The molecule has 0 aromatic rings. The number of rotatable bonds is 1. The molecule has 0 bridgehead atoms. The smallest absolute Gasteiger partial charge is 0.407 e. The predicted molar refractivity (Wildman–Crippen MR) is 32.6 cm³/mol. The van der Waals surface area contributed by atoms with Gasteiger partial charge >= 0.3 is 12.4 Å². The van der Waals surface area contributed by atoms with Gasteiger partial charge in [-0.05, 0) is 6.92 Å². The van der Waals surface area contributed by atoms with Crippen LogP contribution in [-0.2, 0) is 4.79 Å². The molecule has 9 heteroatoms. The number of carbonyl (C=O) groups excluding carboxylic acids is 1. The third-order valence-electron chi connectivity index (χ3n) is 2.79. The summed E-state index contributed by atoms with van der Waals surface area (Å²) in [6, 6.07) is 0. The number of aliphatic carboxylic acids is 1. The largest absolute Gasteiger partial charge is 0.550 e. The summed E-state index contributed by atoms with van der Waals surface area (Å²) in [5.41, 5.74) is -8.81. The van der Waals surface area contributed by atoms with E-state index in [0.29, 0.717) is 0 Å². The van der Waals surface area contributed by atoms with E-state index in [1.54, 1.807) is 0 Å². The molecule has 0 N–H and O–H groups in total. The Balaban J connectivity index is 3.38. The van der Waals surface area contributed by atoms with Crippen LogP contribution in [0.5, 0.6) is 0 Å². The Hall–Kier alpha value is -1.02. The first-order valence-corrected chi connectivity index (χ1v) is 3.85. The SMILES string of the molecule is CC1(F)C(C(=O)[O-])C1(C(F)(F)F)C(F)(F)F. The average Bonchev–Trinajstić information content (AvgIpc) is 2.45. The summed E-state index contributed by atoms with van der Waals surface area (Å²) in [5.74, 6) is -5.97. The molecular weight excluding hydrogens is 249 g/mol. The van der Waals surface area contributed by atoms with Gasteiger partial charge < -0.3 is 9.90 Å². The van der Waals surface area contributed by atoms with E-state index in [1.807, 2.05) is 0 Å². The summed E-state index contributed by atoms with van der Waals surface area (Å²) in [5, 5.41) is 10.1. The molecule has 0 radical (unpaired) electrons. The van der Waals surface area contributed by atoms with Crippen molar-refractivity contribution in [1.29, 1.82) is 0 Å². The van der Waals surface area contributed by atoms with Crippen LogP contribution in [0.4, 0.5) is 30.7 Å². The quantitative estimate of drug-likeness (QED) is 0.659. The van der Waals surface area contributed by atoms with Crippen LogP contribution in [0.1, 0.15) is 6.92 Å². The van der Waals surface area contributed by atoms with E-state index in [9.17, 15) is 40.6 Å². The van der Waals surface area contributed by atoms with Crippen molar-refractivity contribution in [2.24, 2.45) is 11.3 Å². The van der Waals surface area contributed by atoms with E-state index in [0.717, 1.165) is 0 Å². The number of hydrogen-bond donors (Lipinski definition) is 0. The fraction of sp³-hybridized carbons (Fsp3) is 0.857. The lowest BCUT2D eigenvalue weighted by Gasteiger charge is -2.24. The minimum absolute atomic E-state index is 0.0472. The van der Waals surface area contributed by atoms with E-state index in [2.05, 4.69) is 0 Å². The minimum Gasteiger partial charge on any atom is -0.550 e. The molecule has 0 heterocycles. The van der Waals surface area contributed by atoms with Crippen LogP contribution in [0.2, 0.25) is 0 Å². The van der Waals surface area contributed by atoms with Gasteiger partial charge in [0.15, 0.2) is 0 Å². The van der Waals surface area contributed by atoms with E-state index in [-0.39, 0.29) is 6.92 Å². The van der Waals surface area contributed by atoms with Gasteiger partial charge in [-0.1, -0.05) is 0 Å². The van der Waals surface area contributed by atoms with Crippen LogP contribution in [-0.4, -0.2) is 24.0 Å². The normalized spacial score (nSPS) is 33.6. The number of alkyl halides is 7. The van der Waals surface area contributed by atoms with Gasteiger partial charge in [0.1, 0.15) is 5.67 Å². The van der Waals surface area contributed by atoms with Gasteiger partial charge in [-0.15, -0.1) is 0 Å². The Bertz CT molecular complexity index is 313. The second kappa shape index (κ2) is 2.80. The summed E-state index contributed by atoms with van der Waals surface area (Å²) in [6.07, 6.45) is -12.1. The number of carboxylic acid groups (broad SMARTS) is 1. The van der Waals surface area contributed by atoms with Crippen LogP contribution >= 0.6 is 0 Å². The molecule has 16 heavy (non-hydrogen) atoms. The highest BCUT2D eigenvalue weighted by molar-refractivity contribution is 5.77. The van der Waals surface area contributed by atoms with Crippen LogP contribution < -0.4 is 5.11 Å². The highest BCUT2D eigenvalue weighted by Crippen LogP contribution is 2.77. The van der Waals surface area contributed by atoms with Gasteiger partial charge in [0, 0.05) is 5.97 Å². The molecule has 1 rings (SSSR count). The van der Waals surface area contributed by atoms with Gasteiger partial charge in [0.2, 0.25) is 5.41 Å². The molecule has 1 aliphatic rings. The number of hydrogen-bond acceptors (Lipinski definition) is 2. The summed E-state index contributed by atoms with van der Waals surface area (Å²) in [6.45, 7) is -0.0472. The Kier molecular flexibility index (Phi) is 2.29. The average molecular weight is 253 g/mol. The zero-order chi connectivity index (χ0) is 13.2. The van der Waals surface area contributed by atoms with E-state index >= 15 is 0 Å². The van der Waals surface area contributed by atoms with Crippen molar-refractivity contribution in [2.75, 3.05) is 0 Å². The Morgan fingerprint density at radius 3 is 1.50 bits per heavy atom. The first-order chi connectivity index (χ1) is 6.82. The molecule has 2 nitrogen and oxygen atoms in total. The van der Waals surface area contributed by atoms with Crippen molar-refractivity contribution >= 4 is 5.97 Å². The maximum absolute atomic E-state index is 13.2. The van der Waals surface area contributed by atoms with Gasteiger partial charge in [-0.25, -0.2) is 4.39 Å². The maximum atomic E-state index is 13.2. The Morgan fingerprint density at radius 1 is 1.12 bits per heavy atom. The van der Waals surface area contributed by atoms with Crippen LogP contribution in [0, 0.1) is 11.3 Å². The molecule has 1 aliphatic carbocycles. The number of carbonyl (C=O) groups is 1. The second-order valence-electron chi connectivity index (χ2n) is 3.63. The highest BCUT2D eigenvalue weighted by Gasteiger charge is 2.97. The monoisotopic (exact) mass is 253 g/mol. The summed E-state index contributed by atoms with van der Waals surface area (Å²) in [7, 11) is 0. The molecular formula is C7H4F7O2-. The summed E-state index contributed by atoms with van der Waals surface area (Å²) >= 11 is 0. The minimum atomic E-state index is -6.04. The van der Waals surface area contributed by atoms with Gasteiger partial charge in [-0.3, -0.25) is 0 Å². The zero-order valence-electron chi connectivity index (χ0n) is 7.54. The first-order valence-electron chi connectivity index (χ1n) is 3.85. The predicted octanol–water partition coefficient (Wildman–Crippen LogP) is 1.21. The lowest BCUT2D eigenvalue weighted by molar-refractivity contribution is -0.333. The molecule has 0 spiro atoms. The summed E-state index contributed by atoms with van der Waals surface area (Å²) in [4.78, 5) is 10.1. The molecule has 0 aliphatic heterocycles. The lowest BCUT2D eigenvalue weighted by Crippen LogP contribution is -2.45. The lowest BCUT2D eigenvalue weighted by atomic mass is 10.00. The van der Waals surface area contributed by atoms with Crippen molar-refractivity contribution in [3.8, 4) is 0 Å². The van der Waals surface area contributed by atoms with E-state index < -0.39 is 35.3 Å². The van der Waals surface area contributed by atoms with Gasteiger partial charge in [0.05, 0.1) is 5.92 Å². The van der Waals surface area contributed by atoms with Gasteiger partial charge in [-0.2, -0.15) is 26.3 Å². The van der Waals surface area contributed by atoms with Crippen LogP contribution in [0.25, 0.3) is 0 Å². The zero-order valence-corrected chi connectivity index (χ0v) is 7.54. The van der Waals surface area contributed by atoms with Gasteiger partial charge in [0.25, 0.3) is 0 Å². The molecule has 0 amide bonds. The number of halogens is 7. The molecule has 2 atom stereocenters. The third-order valence-corrected chi connectivity index (χ3v) is 2.79. The molecule has 2 unspecified atom stereocenters. The molecule has 0 saturated heterocycles. The third kappa shape index (κ3) is 1.17. The van der Waals surface area contributed by atoms with Crippen LogP contribution in [0.15, 0.2) is 0 Å². The van der Waals surface area contributed by atoms with Crippen LogP contribution in [0.3, 0.4) is 0 Å². The number of carboxylic acids is 1. The topological polar surface area (TPSA) is 40.1 Å². The fourth-order valence-electron chi connectivity index (χ4n) is 2.02. The maximum Gasteiger partial charge on any atom is 0.407 e. The van der Waals surface area contributed by atoms with E-state index in [4.69, 9.17) is 0 Å². The second-order valence-corrected chi connectivity index (χ2v) is 3.63. The first kappa shape index (κ1) is 13.0. The fourth-order valence-corrected chi connectivity index (χ4v) is 2.02. The highest BCUT2D eigenvalue weighted by atomic mass is 19.4. The standard InChI is InChI=1S/C7H5F7O2/c1-4(8)2(3(15)16)5(4,6(9,10)11)7(12,13)14/h2H,1H3,(H,15,16)/p-1. The van der Waals surface area contributed by atoms with Crippen molar-refractivity contribution in [2.45, 2.75) is 24.9 Å². The van der Waals surface area contributed by atoms with Crippen molar-refractivity contribution in [3.63, 3.8) is 0 Å². The van der Waals surface area contributed by atoms with Crippen molar-refractivity contribution < 1.29 is 40.6 Å².